The molecule has 0 bridgehead atoms. The van der Waals surface area contributed by atoms with Gasteiger partial charge in [0.1, 0.15) is 0 Å². The van der Waals surface area contributed by atoms with E-state index in [0.717, 1.165) is 23.5 Å². The van der Waals surface area contributed by atoms with E-state index < -0.39 is 23.3 Å². The molecule has 0 saturated heterocycles. The second-order valence-electron chi connectivity index (χ2n) is 4.09. The highest BCUT2D eigenvalue weighted by molar-refractivity contribution is 7.07. The molecule has 0 aliphatic rings. The number of hydrogen-bond donors (Lipinski definition) is 3. The molecule has 1 aromatic heterocycles. The van der Waals surface area contributed by atoms with E-state index in [1.165, 1.54) is 6.07 Å². The SMILES string of the molecule is O=C(O)c1ccc(NCc2csc(=O)[nH]2)cc1C(F)(F)F. The van der Waals surface area contributed by atoms with Crippen LogP contribution in [0.5, 0.6) is 0 Å². The Morgan fingerprint density at radius 1 is 1.38 bits per heavy atom. The standard InChI is InChI=1S/C12H9F3N2O3S/c13-12(14,15)9-3-6(1-2-8(9)10(18)19)16-4-7-5-21-11(20)17-7/h1-3,5,16H,4H2,(H,17,20)(H,18,19). The number of aromatic amines is 1. The summed E-state index contributed by atoms with van der Waals surface area (Å²) in [5, 5.41) is 13.0. The van der Waals surface area contributed by atoms with Gasteiger partial charge in [-0.2, -0.15) is 13.2 Å². The Labute approximate surface area is 120 Å². The number of aromatic nitrogens is 1. The summed E-state index contributed by atoms with van der Waals surface area (Å²) in [6.45, 7) is 0.127. The molecule has 112 valence electrons. The quantitative estimate of drug-likeness (QED) is 0.809. The lowest BCUT2D eigenvalue weighted by atomic mass is 10.1. The number of nitrogens with one attached hydrogen (secondary N) is 2. The summed E-state index contributed by atoms with van der Waals surface area (Å²) in [5.41, 5.74) is -1.39. The number of hydrogen-bond acceptors (Lipinski definition) is 4. The number of benzene rings is 1. The Morgan fingerprint density at radius 2 is 2.10 bits per heavy atom. The molecule has 0 aliphatic carbocycles. The predicted molar refractivity (Wildman–Crippen MR) is 70.7 cm³/mol. The largest absolute Gasteiger partial charge is 0.478 e. The summed E-state index contributed by atoms with van der Waals surface area (Å²) in [4.78, 5) is 24.0. The molecule has 0 unspecified atom stereocenters. The van der Waals surface area contributed by atoms with Crippen LogP contribution in [0.1, 0.15) is 21.6 Å². The van der Waals surface area contributed by atoms with Crippen LogP contribution in [0.2, 0.25) is 0 Å². The van der Waals surface area contributed by atoms with Crippen molar-refractivity contribution < 1.29 is 23.1 Å². The van der Waals surface area contributed by atoms with Crippen LogP contribution in [0.3, 0.4) is 0 Å². The van der Waals surface area contributed by atoms with E-state index in [1.807, 2.05) is 0 Å². The maximum atomic E-state index is 12.8. The van der Waals surface area contributed by atoms with Crippen molar-refractivity contribution in [2.24, 2.45) is 0 Å². The first-order valence-corrected chi connectivity index (χ1v) is 6.50. The van der Waals surface area contributed by atoms with Crippen LogP contribution in [0.15, 0.2) is 28.4 Å². The van der Waals surface area contributed by atoms with Gasteiger partial charge in [0.25, 0.3) is 0 Å². The molecule has 0 amide bonds. The van der Waals surface area contributed by atoms with Crippen LogP contribution in [0, 0.1) is 0 Å². The maximum absolute atomic E-state index is 12.8. The number of aromatic carboxylic acids is 1. The second-order valence-corrected chi connectivity index (χ2v) is 4.93. The van der Waals surface area contributed by atoms with Crippen molar-refractivity contribution in [2.75, 3.05) is 5.32 Å². The Balaban J connectivity index is 2.25. The van der Waals surface area contributed by atoms with Crippen LogP contribution >= 0.6 is 11.3 Å². The van der Waals surface area contributed by atoms with Crippen molar-refractivity contribution >= 4 is 23.0 Å². The molecular weight excluding hydrogens is 309 g/mol. The van der Waals surface area contributed by atoms with Gasteiger partial charge in [-0.15, -0.1) is 0 Å². The van der Waals surface area contributed by atoms with E-state index in [1.54, 1.807) is 5.38 Å². The molecule has 0 saturated carbocycles. The number of carboxylic acid groups (broad SMARTS) is 1. The smallest absolute Gasteiger partial charge is 0.417 e. The van der Waals surface area contributed by atoms with Gasteiger partial charge in [0.2, 0.25) is 0 Å². The number of alkyl halides is 3. The minimum atomic E-state index is -4.76. The van der Waals surface area contributed by atoms with Crippen LogP contribution in [0.4, 0.5) is 18.9 Å². The van der Waals surface area contributed by atoms with E-state index in [9.17, 15) is 22.8 Å². The third kappa shape index (κ3) is 3.63. The average Bonchev–Trinajstić information content (AvgIpc) is 2.81. The molecule has 1 aromatic carbocycles. The molecule has 21 heavy (non-hydrogen) atoms. The minimum Gasteiger partial charge on any atom is -0.478 e. The molecular formula is C12H9F3N2O3S. The lowest BCUT2D eigenvalue weighted by molar-refractivity contribution is -0.138. The van der Waals surface area contributed by atoms with Gasteiger partial charge < -0.3 is 15.4 Å². The van der Waals surface area contributed by atoms with E-state index >= 15 is 0 Å². The Kier molecular flexibility index (Phi) is 4.03. The van der Waals surface area contributed by atoms with Gasteiger partial charge in [-0.25, -0.2) is 4.79 Å². The second kappa shape index (κ2) is 5.60. The van der Waals surface area contributed by atoms with E-state index in [0.29, 0.717) is 5.69 Å². The number of H-pyrrole nitrogens is 1. The first-order chi connectivity index (χ1) is 9.77. The zero-order valence-electron chi connectivity index (χ0n) is 10.3. The number of carbonyl (C=O) groups is 1. The lowest BCUT2D eigenvalue weighted by Gasteiger charge is -2.13. The van der Waals surface area contributed by atoms with Gasteiger partial charge in [-0.05, 0) is 18.2 Å². The van der Waals surface area contributed by atoms with Crippen LogP contribution in [-0.4, -0.2) is 16.1 Å². The van der Waals surface area contributed by atoms with Gasteiger partial charge >= 0.3 is 17.0 Å². The van der Waals surface area contributed by atoms with Gasteiger partial charge in [0, 0.05) is 16.8 Å². The van der Waals surface area contributed by atoms with Crippen molar-refractivity contribution in [2.45, 2.75) is 12.7 Å². The third-order valence-electron chi connectivity index (χ3n) is 2.61. The fraction of sp³-hybridized carbons (Fsp3) is 0.167. The minimum absolute atomic E-state index is 0.111. The highest BCUT2D eigenvalue weighted by Gasteiger charge is 2.35. The summed E-state index contributed by atoms with van der Waals surface area (Å²) in [7, 11) is 0. The van der Waals surface area contributed by atoms with Gasteiger partial charge in [0.15, 0.2) is 0 Å². The van der Waals surface area contributed by atoms with Crippen molar-refractivity contribution in [3.05, 3.63) is 50.1 Å². The summed E-state index contributed by atoms with van der Waals surface area (Å²) in [6.07, 6.45) is -4.76. The topological polar surface area (TPSA) is 82.2 Å². The molecule has 0 radical (unpaired) electrons. The number of rotatable bonds is 4. The molecule has 2 rings (SSSR count). The Morgan fingerprint density at radius 3 is 2.62 bits per heavy atom. The summed E-state index contributed by atoms with van der Waals surface area (Å²) in [6, 6.07) is 2.86. The van der Waals surface area contributed by atoms with Crippen LogP contribution < -0.4 is 10.2 Å². The molecule has 5 nitrogen and oxygen atoms in total. The molecule has 1 heterocycles. The van der Waals surface area contributed by atoms with Crippen LogP contribution in [-0.2, 0) is 12.7 Å². The normalized spacial score (nSPS) is 11.4. The fourth-order valence-electron chi connectivity index (χ4n) is 1.67. The molecule has 3 N–H and O–H groups in total. The van der Waals surface area contributed by atoms with Crippen molar-refractivity contribution in [1.29, 1.82) is 0 Å². The summed E-state index contributed by atoms with van der Waals surface area (Å²) >= 11 is 0.944. The first-order valence-electron chi connectivity index (χ1n) is 5.62. The molecule has 9 heteroatoms. The number of thiazole rings is 1. The van der Waals surface area contributed by atoms with Crippen molar-refractivity contribution in [3.8, 4) is 0 Å². The number of halogens is 3. The summed E-state index contributed by atoms with van der Waals surface area (Å²) < 4.78 is 38.5. The highest BCUT2D eigenvalue weighted by atomic mass is 32.1. The van der Waals surface area contributed by atoms with Crippen molar-refractivity contribution in [1.82, 2.24) is 4.98 Å². The predicted octanol–water partition coefficient (Wildman–Crippen LogP) is 2.77. The van der Waals surface area contributed by atoms with E-state index in [-0.39, 0.29) is 17.1 Å². The molecule has 0 aliphatic heterocycles. The van der Waals surface area contributed by atoms with Gasteiger partial charge in [-0.1, -0.05) is 11.3 Å². The number of carboxylic acids is 1. The van der Waals surface area contributed by atoms with Crippen molar-refractivity contribution in [3.63, 3.8) is 0 Å². The highest BCUT2D eigenvalue weighted by Crippen LogP contribution is 2.34. The Hall–Kier alpha value is -2.29. The zero-order chi connectivity index (χ0) is 15.6. The molecule has 0 spiro atoms. The lowest BCUT2D eigenvalue weighted by Crippen LogP contribution is -2.13. The van der Waals surface area contributed by atoms with Crippen LogP contribution in [0.25, 0.3) is 0 Å². The van der Waals surface area contributed by atoms with E-state index in [4.69, 9.17) is 5.11 Å². The first kappa shape index (κ1) is 15.1. The average molecular weight is 318 g/mol. The maximum Gasteiger partial charge on any atom is 0.417 e. The summed E-state index contributed by atoms with van der Waals surface area (Å²) in [5.74, 6) is -1.64. The molecule has 2 aromatic rings. The number of anilines is 1. The van der Waals surface area contributed by atoms with Gasteiger partial charge in [0.05, 0.1) is 17.7 Å². The fourth-order valence-corrected chi connectivity index (χ4v) is 2.25. The Bertz CT molecular complexity index is 721. The molecule has 0 atom stereocenters. The third-order valence-corrected chi connectivity index (χ3v) is 3.33. The zero-order valence-corrected chi connectivity index (χ0v) is 11.1. The van der Waals surface area contributed by atoms with E-state index in [2.05, 4.69) is 10.3 Å². The van der Waals surface area contributed by atoms with Gasteiger partial charge in [-0.3, -0.25) is 4.79 Å². The monoisotopic (exact) mass is 318 g/mol. The molecule has 0 fully saturated rings.